The molecule has 3 aliphatic rings. The van der Waals surface area contributed by atoms with Gasteiger partial charge in [-0.1, -0.05) is 65.0 Å². The van der Waals surface area contributed by atoms with Crippen LogP contribution in [-0.2, 0) is 34.2 Å². The number of fused-ring (bicyclic) bond motifs is 1. The summed E-state index contributed by atoms with van der Waals surface area (Å²) in [5.41, 5.74) is 3.08. The van der Waals surface area contributed by atoms with Crippen LogP contribution < -0.4 is 4.72 Å². The van der Waals surface area contributed by atoms with Gasteiger partial charge in [-0.2, -0.15) is 0 Å². The van der Waals surface area contributed by atoms with Gasteiger partial charge in [0.05, 0.1) is 10.6 Å². The van der Waals surface area contributed by atoms with E-state index in [9.17, 15) is 17.6 Å². The van der Waals surface area contributed by atoms with E-state index in [0.717, 1.165) is 61.1 Å². The normalized spacial score (nSPS) is 22.0. The van der Waals surface area contributed by atoms with E-state index in [1.807, 2.05) is 17.0 Å². The first-order chi connectivity index (χ1) is 19.5. The molecule has 2 fully saturated rings. The van der Waals surface area contributed by atoms with Crippen LogP contribution in [0.3, 0.4) is 0 Å². The molecule has 0 spiro atoms. The second kappa shape index (κ2) is 12.4. The minimum atomic E-state index is -3.95. The molecule has 0 bridgehead atoms. The van der Waals surface area contributed by atoms with E-state index in [-0.39, 0.29) is 27.8 Å². The Morgan fingerprint density at radius 1 is 0.976 bits per heavy atom. The van der Waals surface area contributed by atoms with Gasteiger partial charge in [-0.25, -0.2) is 12.8 Å². The highest BCUT2D eigenvalue weighted by atomic mass is 32.2. The summed E-state index contributed by atoms with van der Waals surface area (Å²) in [6.07, 6.45) is 13.0. The van der Waals surface area contributed by atoms with Crippen LogP contribution in [0.1, 0.15) is 102 Å². The Labute approximate surface area is 246 Å². The van der Waals surface area contributed by atoms with Crippen LogP contribution in [0.5, 0.6) is 0 Å². The van der Waals surface area contributed by atoms with E-state index in [1.54, 1.807) is 12.1 Å². The number of nitrogens with zero attached hydrogens (tertiary/aromatic N) is 1. The maximum atomic E-state index is 14.9. The summed E-state index contributed by atoms with van der Waals surface area (Å²) in [6, 6.07) is 9.88. The number of carbonyl (C=O) groups is 1. The Kier molecular flexibility index (Phi) is 9.13. The molecule has 0 unspecified atom stereocenters. The van der Waals surface area contributed by atoms with Crippen LogP contribution in [0.25, 0.3) is 0 Å². The van der Waals surface area contributed by atoms with E-state index in [2.05, 4.69) is 25.5 Å². The van der Waals surface area contributed by atoms with Crippen molar-refractivity contribution in [3.63, 3.8) is 0 Å². The van der Waals surface area contributed by atoms with Crippen LogP contribution in [-0.4, -0.2) is 25.8 Å². The quantitative estimate of drug-likeness (QED) is 0.344. The number of hydrogen-bond donors (Lipinski definition) is 1. The maximum Gasteiger partial charge on any atom is 0.261 e. The summed E-state index contributed by atoms with van der Waals surface area (Å²) in [7, 11) is -3.95. The van der Waals surface area contributed by atoms with E-state index in [4.69, 9.17) is 0 Å². The summed E-state index contributed by atoms with van der Waals surface area (Å²) in [6.45, 7) is 7.97. The van der Waals surface area contributed by atoms with Crippen molar-refractivity contribution in [3.05, 3.63) is 58.9 Å². The lowest BCUT2D eigenvalue weighted by Crippen LogP contribution is -2.41. The fourth-order valence-corrected chi connectivity index (χ4v) is 8.36. The standard InChI is InChI=1S/C34H47FN2O3S/c1-34(2,3)29-15-12-26(13-16-29)33(38)37-20-19-27-22-30(17-14-28(27)23-37)41(39,40)36-32-18-11-25(21-31(32)35)10-6-9-24-7-4-5-8-24/h11,14,17-18,21-22,24,26,29,36H,4-10,12-13,15-16,19-20,23H2,1-3H3/t26-,29-. The van der Waals surface area contributed by atoms with E-state index in [0.29, 0.717) is 25.4 Å². The zero-order valence-corrected chi connectivity index (χ0v) is 25.9. The molecule has 1 amide bonds. The number of amides is 1. The molecule has 2 aromatic carbocycles. The van der Waals surface area contributed by atoms with Crippen molar-refractivity contribution in [3.8, 4) is 0 Å². The molecular formula is C34H47FN2O3S. The fourth-order valence-electron chi connectivity index (χ4n) is 7.24. The van der Waals surface area contributed by atoms with Crippen LogP contribution in [0.15, 0.2) is 41.3 Å². The second-order valence-corrected chi connectivity index (χ2v) is 15.5. The highest BCUT2D eigenvalue weighted by molar-refractivity contribution is 7.92. The molecule has 0 aromatic heterocycles. The third-order valence-electron chi connectivity index (χ3n) is 9.94. The van der Waals surface area contributed by atoms with Crippen LogP contribution >= 0.6 is 0 Å². The molecule has 2 saturated carbocycles. The molecule has 224 valence electrons. The molecule has 2 aromatic rings. The number of nitrogens with one attached hydrogen (secondary N) is 1. The Bertz CT molecular complexity index is 1340. The molecule has 5 nitrogen and oxygen atoms in total. The average molecular weight is 583 g/mol. The number of carbonyl (C=O) groups excluding carboxylic acids is 1. The molecule has 0 atom stereocenters. The molecule has 0 saturated heterocycles. The first-order valence-corrected chi connectivity index (χ1v) is 17.2. The van der Waals surface area contributed by atoms with Gasteiger partial charge in [0.1, 0.15) is 5.82 Å². The Hall–Kier alpha value is -2.41. The molecule has 7 heteroatoms. The molecule has 0 radical (unpaired) electrons. The van der Waals surface area contributed by atoms with Gasteiger partial charge < -0.3 is 4.90 Å². The predicted molar refractivity (Wildman–Crippen MR) is 163 cm³/mol. The maximum absolute atomic E-state index is 14.9. The zero-order valence-electron chi connectivity index (χ0n) is 25.1. The number of hydrogen-bond acceptors (Lipinski definition) is 3. The number of sulfonamides is 1. The van der Waals surface area contributed by atoms with Gasteiger partial charge in [0.2, 0.25) is 5.91 Å². The zero-order chi connectivity index (χ0) is 29.2. The topological polar surface area (TPSA) is 66.5 Å². The van der Waals surface area contributed by atoms with Gasteiger partial charge in [0, 0.05) is 19.0 Å². The third kappa shape index (κ3) is 7.33. The van der Waals surface area contributed by atoms with Gasteiger partial charge in [-0.15, -0.1) is 0 Å². The third-order valence-corrected chi connectivity index (χ3v) is 11.3. The lowest BCUT2D eigenvalue weighted by atomic mass is 9.69. The number of benzene rings is 2. The number of anilines is 1. The SMILES string of the molecule is CC(C)(C)[C@H]1CC[C@H](C(=O)N2CCc3cc(S(=O)(=O)Nc4ccc(CCCC5CCCC5)cc4F)ccc3C2)CC1. The van der Waals surface area contributed by atoms with Crippen LogP contribution in [0.4, 0.5) is 10.1 Å². The lowest BCUT2D eigenvalue weighted by Gasteiger charge is -2.38. The van der Waals surface area contributed by atoms with Crippen molar-refractivity contribution in [1.82, 2.24) is 4.90 Å². The minimum Gasteiger partial charge on any atom is -0.338 e. The Morgan fingerprint density at radius 3 is 2.39 bits per heavy atom. The summed E-state index contributed by atoms with van der Waals surface area (Å²) < 4.78 is 43.7. The van der Waals surface area contributed by atoms with Gasteiger partial charge in [-0.05, 0) is 103 Å². The molecule has 1 heterocycles. The molecule has 1 N–H and O–H groups in total. The number of rotatable bonds is 8. The molecule has 41 heavy (non-hydrogen) atoms. The number of halogens is 1. The lowest BCUT2D eigenvalue weighted by molar-refractivity contribution is -0.138. The van der Waals surface area contributed by atoms with E-state index < -0.39 is 15.8 Å². The molecule has 2 aliphatic carbocycles. The van der Waals surface area contributed by atoms with Gasteiger partial charge in [0.25, 0.3) is 10.0 Å². The average Bonchev–Trinajstić information content (AvgIpc) is 3.47. The summed E-state index contributed by atoms with van der Waals surface area (Å²) >= 11 is 0. The van der Waals surface area contributed by atoms with Gasteiger partial charge in [0.15, 0.2) is 0 Å². The smallest absolute Gasteiger partial charge is 0.261 e. The van der Waals surface area contributed by atoms with E-state index in [1.165, 1.54) is 44.2 Å². The molecule has 5 rings (SSSR count). The largest absolute Gasteiger partial charge is 0.338 e. The van der Waals surface area contributed by atoms with Crippen molar-refractivity contribution in [2.45, 2.75) is 109 Å². The Balaban J connectivity index is 1.17. The highest BCUT2D eigenvalue weighted by Gasteiger charge is 2.35. The fraction of sp³-hybridized carbons (Fsp3) is 0.618. The predicted octanol–water partition coefficient (Wildman–Crippen LogP) is 7.88. The van der Waals surface area contributed by atoms with Crippen molar-refractivity contribution in [1.29, 1.82) is 0 Å². The minimum absolute atomic E-state index is 0.0276. The van der Waals surface area contributed by atoms with Crippen molar-refractivity contribution >= 4 is 21.6 Å². The summed E-state index contributed by atoms with van der Waals surface area (Å²) in [5, 5.41) is 0. The molecular weight excluding hydrogens is 535 g/mol. The van der Waals surface area contributed by atoms with Crippen molar-refractivity contribution in [2.75, 3.05) is 11.3 Å². The summed E-state index contributed by atoms with van der Waals surface area (Å²) in [5.74, 6) is 1.26. The van der Waals surface area contributed by atoms with Crippen LogP contribution in [0.2, 0.25) is 0 Å². The van der Waals surface area contributed by atoms with Gasteiger partial charge >= 0.3 is 0 Å². The molecule has 1 aliphatic heterocycles. The first kappa shape index (κ1) is 30.1. The first-order valence-electron chi connectivity index (χ1n) is 15.7. The van der Waals surface area contributed by atoms with Crippen LogP contribution in [0, 0.1) is 29.0 Å². The second-order valence-electron chi connectivity index (χ2n) is 13.8. The Morgan fingerprint density at radius 2 is 1.71 bits per heavy atom. The number of aryl methyl sites for hydroxylation is 1. The van der Waals surface area contributed by atoms with E-state index >= 15 is 0 Å². The summed E-state index contributed by atoms with van der Waals surface area (Å²) in [4.78, 5) is 15.4. The monoisotopic (exact) mass is 582 g/mol. The van der Waals surface area contributed by atoms with Crippen molar-refractivity contribution < 1.29 is 17.6 Å². The highest BCUT2D eigenvalue weighted by Crippen LogP contribution is 2.40. The van der Waals surface area contributed by atoms with Crippen molar-refractivity contribution in [2.24, 2.45) is 23.2 Å². The van der Waals surface area contributed by atoms with Gasteiger partial charge in [-0.3, -0.25) is 9.52 Å².